The van der Waals surface area contributed by atoms with Gasteiger partial charge in [0.15, 0.2) is 6.04 Å². The van der Waals surface area contributed by atoms with Crippen molar-refractivity contribution in [3.05, 3.63) is 54.2 Å². The number of oxazole rings is 1. The largest absolute Gasteiger partial charge is 0.480 e. The van der Waals surface area contributed by atoms with Crippen LogP contribution < -0.4 is 0 Å². The van der Waals surface area contributed by atoms with Gasteiger partial charge >= 0.3 is 5.97 Å². The fourth-order valence-corrected chi connectivity index (χ4v) is 2.81. The lowest BCUT2D eigenvalue weighted by molar-refractivity contribution is -0.141. The molecule has 0 saturated carbocycles. The van der Waals surface area contributed by atoms with Crippen molar-refractivity contribution < 1.29 is 19.1 Å². The second-order valence-corrected chi connectivity index (χ2v) is 6.38. The highest BCUT2D eigenvalue weighted by molar-refractivity contribution is 5.71. The Morgan fingerprint density at radius 2 is 2.00 bits per heavy atom. The number of methoxy groups -OCH3 is 1. The molecule has 0 spiro atoms. The minimum absolute atomic E-state index is 0.0883. The van der Waals surface area contributed by atoms with Crippen LogP contribution >= 0.6 is 0 Å². The molecule has 3 aromatic rings. The van der Waals surface area contributed by atoms with Crippen molar-refractivity contribution in [2.75, 3.05) is 7.11 Å². The number of rotatable bonds is 8. The van der Waals surface area contributed by atoms with Gasteiger partial charge in [0.2, 0.25) is 5.89 Å². The monoisotopic (exact) mass is 394 g/mol. The van der Waals surface area contributed by atoms with E-state index in [0.717, 1.165) is 21.8 Å². The van der Waals surface area contributed by atoms with E-state index in [2.05, 4.69) is 27.0 Å². The van der Waals surface area contributed by atoms with Crippen molar-refractivity contribution in [2.24, 2.45) is 0 Å². The lowest BCUT2D eigenvalue weighted by atomic mass is 10.1. The highest BCUT2D eigenvalue weighted by Gasteiger charge is 2.20. The van der Waals surface area contributed by atoms with Crippen molar-refractivity contribution in [1.29, 1.82) is 0 Å². The maximum atomic E-state index is 11.4. The molecule has 0 fully saturated rings. The summed E-state index contributed by atoms with van der Waals surface area (Å²) >= 11 is 0. The molecule has 8 heteroatoms. The Balaban J connectivity index is 1.61. The third-order valence-corrected chi connectivity index (χ3v) is 4.40. The maximum Gasteiger partial charge on any atom is 0.331 e. The lowest BCUT2D eigenvalue weighted by Crippen LogP contribution is -2.21. The van der Waals surface area contributed by atoms with Gasteiger partial charge < -0.3 is 14.3 Å². The van der Waals surface area contributed by atoms with Crippen LogP contribution in [0.3, 0.4) is 0 Å². The van der Waals surface area contributed by atoms with Gasteiger partial charge in [-0.15, -0.1) is 0 Å². The number of ether oxygens (including phenoxy) is 1. The van der Waals surface area contributed by atoms with Gasteiger partial charge in [-0.25, -0.2) is 9.78 Å². The summed E-state index contributed by atoms with van der Waals surface area (Å²) in [4.78, 5) is 17.1. The fraction of sp³-hybridized carbons (Fsp3) is 0.333. The maximum absolute atomic E-state index is 11.4. The van der Waals surface area contributed by atoms with Gasteiger partial charge in [0.1, 0.15) is 11.9 Å². The molecule has 1 N–H and O–H groups in total. The molecule has 0 unspecified atom stereocenters. The van der Waals surface area contributed by atoms with E-state index in [4.69, 9.17) is 9.15 Å². The number of nitrogens with zero attached hydrogens (tertiary/aromatic N) is 4. The molecule has 1 aromatic carbocycles. The Morgan fingerprint density at radius 3 is 2.66 bits per heavy atom. The van der Waals surface area contributed by atoms with Gasteiger partial charge in [-0.2, -0.15) is 15.0 Å². The number of aliphatic carboxylic acids is 1. The van der Waals surface area contributed by atoms with E-state index in [1.165, 1.54) is 12.4 Å². The predicted molar refractivity (Wildman–Crippen MR) is 105 cm³/mol. The Morgan fingerprint density at radius 1 is 1.28 bits per heavy atom. The number of benzene rings is 1. The number of aryl methyl sites for hydroxylation is 2. The molecule has 29 heavy (non-hydrogen) atoms. The van der Waals surface area contributed by atoms with Crippen LogP contribution in [0.5, 0.6) is 0 Å². The van der Waals surface area contributed by atoms with Crippen LogP contribution in [0.2, 0.25) is 0 Å². The Hall–Kier alpha value is -3.44. The molecule has 150 valence electrons. The molecule has 2 aromatic heterocycles. The topological polar surface area (TPSA) is 103 Å². The van der Waals surface area contributed by atoms with E-state index in [-0.39, 0.29) is 12.5 Å². The number of carbonyl (C=O) groups is 1. The van der Waals surface area contributed by atoms with E-state index < -0.39 is 12.0 Å². The molecular weight excluding hydrogens is 372 g/mol. The average molecular weight is 394 g/mol. The molecule has 0 amide bonds. The van der Waals surface area contributed by atoms with Crippen LogP contribution in [0.1, 0.15) is 30.3 Å². The quantitative estimate of drug-likeness (QED) is 0.586. The van der Waals surface area contributed by atoms with Crippen molar-refractivity contribution in [3.8, 4) is 23.3 Å². The molecular formula is C21H22N4O4. The molecule has 0 aliphatic carbocycles. The van der Waals surface area contributed by atoms with Crippen molar-refractivity contribution in [2.45, 2.75) is 38.3 Å². The number of carboxylic acids is 1. The standard InChI is InChI=1S/C21H22N4O4/c1-15-18(24-20(29-15)16-7-4-3-5-8-16)12-11-17(28-2)9-6-10-19(21(26)27)25-22-13-14-23-25/h3-5,7-8,13-14,17,19H,10-12H2,1-2H3,(H,26,27)/t17-,19-/m0/s1. The fourth-order valence-electron chi connectivity index (χ4n) is 2.81. The van der Waals surface area contributed by atoms with Crippen molar-refractivity contribution in [3.63, 3.8) is 0 Å². The van der Waals surface area contributed by atoms with Crippen LogP contribution in [0.4, 0.5) is 0 Å². The van der Waals surface area contributed by atoms with E-state index in [1.807, 2.05) is 37.3 Å². The van der Waals surface area contributed by atoms with Crippen LogP contribution in [0, 0.1) is 18.8 Å². The second-order valence-electron chi connectivity index (χ2n) is 6.38. The highest BCUT2D eigenvalue weighted by Crippen LogP contribution is 2.22. The minimum Gasteiger partial charge on any atom is -0.480 e. The van der Waals surface area contributed by atoms with Gasteiger partial charge in [-0.1, -0.05) is 30.0 Å². The first-order chi connectivity index (χ1) is 14.1. The van der Waals surface area contributed by atoms with Crippen LogP contribution in [0.25, 0.3) is 11.5 Å². The van der Waals surface area contributed by atoms with E-state index in [0.29, 0.717) is 18.7 Å². The van der Waals surface area contributed by atoms with Gasteiger partial charge in [0.25, 0.3) is 0 Å². The predicted octanol–water partition coefficient (Wildman–Crippen LogP) is 2.91. The van der Waals surface area contributed by atoms with Crippen LogP contribution in [-0.2, 0) is 16.0 Å². The Bertz CT molecular complexity index is 987. The first-order valence-electron chi connectivity index (χ1n) is 9.20. The highest BCUT2D eigenvalue weighted by atomic mass is 16.5. The van der Waals surface area contributed by atoms with Gasteiger partial charge in [-0.05, 0) is 31.9 Å². The van der Waals surface area contributed by atoms with Gasteiger partial charge in [0.05, 0.1) is 18.1 Å². The molecule has 2 heterocycles. The smallest absolute Gasteiger partial charge is 0.331 e. The molecule has 0 aliphatic heterocycles. The molecule has 3 rings (SSSR count). The Labute approximate surface area is 168 Å². The van der Waals surface area contributed by atoms with E-state index in [1.54, 1.807) is 7.11 Å². The van der Waals surface area contributed by atoms with Crippen molar-refractivity contribution in [1.82, 2.24) is 20.0 Å². The Kier molecular flexibility index (Phi) is 6.76. The summed E-state index contributed by atoms with van der Waals surface area (Å²) in [6, 6.07) is 8.79. The summed E-state index contributed by atoms with van der Waals surface area (Å²) in [5.41, 5.74) is 1.79. The summed E-state index contributed by atoms with van der Waals surface area (Å²) in [7, 11) is 1.58. The van der Waals surface area contributed by atoms with Crippen LogP contribution in [-0.4, -0.2) is 44.3 Å². The van der Waals surface area contributed by atoms with Crippen LogP contribution in [0.15, 0.2) is 47.1 Å². The first-order valence-corrected chi connectivity index (χ1v) is 9.20. The summed E-state index contributed by atoms with van der Waals surface area (Å²) < 4.78 is 11.2. The van der Waals surface area contributed by atoms with Gasteiger partial charge in [-0.3, -0.25) is 0 Å². The third-order valence-electron chi connectivity index (χ3n) is 4.40. The molecule has 0 radical (unpaired) electrons. The number of carboxylic acid groups (broad SMARTS) is 1. The normalized spacial score (nSPS) is 12.8. The van der Waals surface area contributed by atoms with E-state index in [9.17, 15) is 9.90 Å². The summed E-state index contributed by atoms with van der Waals surface area (Å²) in [5.74, 6) is 6.20. The zero-order valence-electron chi connectivity index (χ0n) is 16.3. The first kappa shape index (κ1) is 20.3. The third kappa shape index (κ3) is 5.30. The minimum atomic E-state index is -1.03. The SMILES string of the molecule is CO[C@@H](C#CC[C@@H](C(=O)O)n1nccn1)CCc1nc(-c2ccccc2)oc1C. The number of hydrogen-bond acceptors (Lipinski definition) is 6. The molecule has 0 saturated heterocycles. The molecule has 8 nitrogen and oxygen atoms in total. The van der Waals surface area contributed by atoms with Crippen molar-refractivity contribution >= 4 is 5.97 Å². The van der Waals surface area contributed by atoms with Gasteiger partial charge in [0, 0.05) is 19.1 Å². The zero-order chi connectivity index (χ0) is 20.6. The zero-order valence-corrected chi connectivity index (χ0v) is 16.3. The second kappa shape index (κ2) is 9.66. The summed E-state index contributed by atoms with van der Waals surface area (Å²) in [5, 5.41) is 17.1. The summed E-state index contributed by atoms with van der Waals surface area (Å²) in [6.45, 7) is 1.89. The lowest BCUT2D eigenvalue weighted by Gasteiger charge is -2.09. The number of aromatic nitrogens is 4. The molecule has 2 atom stereocenters. The average Bonchev–Trinajstić information content (AvgIpc) is 3.38. The molecule has 0 aliphatic rings. The van der Waals surface area contributed by atoms with E-state index >= 15 is 0 Å². The number of hydrogen-bond donors (Lipinski definition) is 1. The summed E-state index contributed by atoms with van der Waals surface area (Å²) in [6.07, 6.45) is 3.87. The molecule has 0 bridgehead atoms.